The van der Waals surface area contributed by atoms with Crippen molar-refractivity contribution in [2.75, 3.05) is 0 Å². The molecule has 0 aliphatic heterocycles. The van der Waals surface area contributed by atoms with Crippen LogP contribution in [0.15, 0.2) is 54.6 Å². The largest absolute Gasteiger partial charge is 0.423 e. The first-order valence-corrected chi connectivity index (χ1v) is 5.43. The third-order valence-electron chi connectivity index (χ3n) is 1.90. The second-order valence-corrected chi connectivity index (χ2v) is 3.31. The molecule has 84 valence electrons. The maximum Gasteiger partial charge on any atom is 0.336 e. The van der Waals surface area contributed by atoms with Crippen LogP contribution < -0.4 is 4.74 Å². The Morgan fingerprint density at radius 3 is 2.69 bits per heavy atom. The maximum atomic E-state index is 11.3. The highest BCUT2D eigenvalue weighted by molar-refractivity contribution is 5.84. The Kier molecular flexibility index (Phi) is 5.71. The minimum atomic E-state index is -0.354. The Morgan fingerprint density at radius 2 is 2.00 bits per heavy atom. The number of hydrogen-bond donors (Lipinski definition) is 0. The number of benzene rings is 1. The smallest absolute Gasteiger partial charge is 0.336 e. The van der Waals surface area contributed by atoms with Crippen LogP contribution in [0, 0.1) is 0 Å². The summed E-state index contributed by atoms with van der Waals surface area (Å²) < 4.78 is 5.06. The van der Waals surface area contributed by atoms with Crippen LogP contribution >= 0.6 is 0 Å². The van der Waals surface area contributed by atoms with Gasteiger partial charge in [-0.05, 0) is 18.6 Å². The highest BCUT2D eigenvalue weighted by Gasteiger charge is 1.97. The van der Waals surface area contributed by atoms with Gasteiger partial charge in [0.2, 0.25) is 0 Å². The van der Waals surface area contributed by atoms with Gasteiger partial charge in [-0.1, -0.05) is 49.8 Å². The quantitative estimate of drug-likeness (QED) is 0.326. The van der Waals surface area contributed by atoms with Crippen LogP contribution in [-0.2, 0) is 4.79 Å². The van der Waals surface area contributed by atoms with E-state index in [0.717, 1.165) is 12.8 Å². The molecule has 0 atom stereocenters. The van der Waals surface area contributed by atoms with E-state index in [1.54, 1.807) is 18.2 Å². The first-order valence-electron chi connectivity index (χ1n) is 5.43. The number of para-hydroxylation sites is 1. The molecule has 0 radical (unpaired) electrons. The fraction of sp³-hybridized carbons (Fsp3) is 0.214. The molecule has 16 heavy (non-hydrogen) atoms. The fourth-order valence-corrected chi connectivity index (χ4v) is 1.11. The van der Waals surface area contributed by atoms with Gasteiger partial charge in [0.25, 0.3) is 0 Å². The van der Waals surface area contributed by atoms with Crippen molar-refractivity contribution in [3.63, 3.8) is 0 Å². The molecule has 0 N–H and O–H groups in total. The molecular weight excluding hydrogens is 200 g/mol. The lowest BCUT2D eigenvalue weighted by Crippen LogP contribution is -2.02. The molecule has 0 unspecified atom stereocenters. The maximum absolute atomic E-state index is 11.3. The zero-order chi connectivity index (χ0) is 11.6. The Bertz CT molecular complexity index is 364. The summed E-state index contributed by atoms with van der Waals surface area (Å²) in [4.78, 5) is 11.3. The predicted octanol–water partition coefficient (Wildman–Crippen LogP) is 3.50. The van der Waals surface area contributed by atoms with Gasteiger partial charge in [-0.2, -0.15) is 0 Å². The third-order valence-corrected chi connectivity index (χ3v) is 1.90. The van der Waals surface area contributed by atoms with Crippen molar-refractivity contribution in [2.45, 2.75) is 19.8 Å². The van der Waals surface area contributed by atoms with Crippen molar-refractivity contribution < 1.29 is 9.53 Å². The first kappa shape index (κ1) is 12.2. The van der Waals surface area contributed by atoms with Crippen molar-refractivity contribution in [3.8, 4) is 5.75 Å². The molecule has 0 amide bonds. The van der Waals surface area contributed by atoms with E-state index in [1.165, 1.54) is 6.08 Å². The van der Waals surface area contributed by atoms with Crippen molar-refractivity contribution in [2.24, 2.45) is 0 Å². The highest BCUT2D eigenvalue weighted by Crippen LogP contribution is 2.08. The van der Waals surface area contributed by atoms with Gasteiger partial charge in [-0.15, -0.1) is 0 Å². The lowest BCUT2D eigenvalue weighted by Gasteiger charge is -1.98. The number of hydrogen-bond acceptors (Lipinski definition) is 2. The van der Waals surface area contributed by atoms with Crippen LogP contribution in [0.3, 0.4) is 0 Å². The molecular formula is C14H16O2. The number of carbonyl (C=O) groups is 1. The number of allylic oxidation sites excluding steroid dienone is 3. The zero-order valence-corrected chi connectivity index (χ0v) is 9.43. The number of carbonyl (C=O) groups excluding carboxylic acids is 1. The topological polar surface area (TPSA) is 26.3 Å². The molecule has 0 aliphatic rings. The molecule has 2 heteroatoms. The lowest BCUT2D eigenvalue weighted by atomic mass is 10.3. The SMILES string of the molecule is CCC/C=C/C=C/C(=O)Oc1ccccc1. The second kappa shape index (κ2) is 7.46. The molecule has 0 fully saturated rings. The van der Waals surface area contributed by atoms with Crippen LogP contribution in [0.4, 0.5) is 0 Å². The van der Waals surface area contributed by atoms with E-state index in [0.29, 0.717) is 5.75 Å². The van der Waals surface area contributed by atoms with E-state index >= 15 is 0 Å². The molecule has 0 saturated carbocycles. The fourth-order valence-electron chi connectivity index (χ4n) is 1.11. The van der Waals surface area contributed by atoms with Gasteiger partial charge in [0.05, 0.1) is 0 Å². The number of unbranched alkanes of at least 4 members (excludes halogenated alkanes) is 1. The standard InChI is InChI=1S/C14H16O2/c1-2-3-4-5-9-12-14(15)16-13-10-7-6-8-11-13/h4-12H,2-3H2,1H3/b5-4+,12-9+. The van der Waals surface area contributed by atoms with E-state index in [4.69, 9.17) is 4.74 Å². The Hall–Kier alpha value is -1.83. The summed E-state index contributed by atoms with van der Waals surface area (Å²) in [5, 5.41) is 0. The first-order chi connectivity index (χ1) is 7.83. The molecule has 0 aliphatic carbocycles. The summed E-state index contributed by atoms with van der Waals surface area (Å²) in [6.07, 6.45) is 9.12. The summed E-state index contributed by atoms with van der Waals surface area (Å²) in [7, 11) is 0. The predicted molar refractivity (Wildman–Crippen MR) is 65.3 cm³/mol. The molecule has 0 saturated heterocycles. The van der Waals surface area contributed by atoms with Gasteiger partial charge < -0.3 is 4.74 Å². The number of ether oxygens (including phenoxy) is 1. The monoisotopic (exact) mass is 216 g/mol. The summed E-state index contributed by atoms with van der Waals surface area (Å²) in [5.41, 5.74) is 0. The van der Waals surface area contributed by atoms with Crippen molar-refractivity contribution in [1.82, 2.24) is 0 Å². The summed E-state index contributed by atoms with van der Waals surface area (Å²) >= 11 is 0. The molecule has 0 aromatic heterocycles. The van der Waals surface area contributed by atoms with E-state index in [-0.39, 0.29) is 5.97 Å². The Balaban J connectivity index is 2.36. The Labute approximate surface area is 96.2 Å². The highest BCUT2D eigenvalue weighted by atomic mass is 16.5. The average molecular weight is 216 g/mol. The van der Waals surface area contributed by atoms with E-state index < -0.39 is 0 Å². The number of rotatable bonds is 5. The van der Waals surface area contributed by atoms with E-state index in [9.17, 15) is 4.79 Å². The van der Waals surface area contributed by atoms with Crippen LogP contribution in [0.1, 0.15) is 19.8 Å². The minimum Gasteiger partial charge on any atom is -0.423 e. The van der Waals surface area contributed by atoms with Crippen LogP contribution in [0.25, 0.3) is 0 Å². The average Bonchev–Trinajstić information content (AvgIpc) is 2.30. The van der Waals surface area contributed by atoms with Crippen molar-refractivity contribution in [1.29, 1.82) is 0 Å². The summed E-state index contributed by atoms with van der Waals surface area (Å²) in [6, 6.07) is 9.03. The van der Waals surface area contributed by atoms with Gasteiger partial charge in [0.15, 0.2) is 0 Å². The van der Waals surface area contributed by atoms with E-state index in [1.807, 2.05) is 30.4 Å². The molecule has 0 spiro atoms. The summed E-state index contributed by atoms with van der Waals surface area (Å²) in [5.74, 6) is 0.210. The van der Waals surface area contributed by atoms with Gasteiger partial charge >= 0.3 is 5.97 Å². The second-order valence-electron chi connectivity index (χ2n) is 3.31. The van der Waals surface area contributed by atoms with Crippen molar-refractivity contribution >= 4 is 5.97 Å². The molecule has 0 bridgehead atoms. The molecule has 2 nitrogen and oxygen atoms in total. The Morgan fingerprint density at radius 1 is 1.25 bits per heavy atom. The molecule has 1 aromatic carbocycles. The molecule has 1 aromatic rings. The van der Waals surface area contributed by atoms with Gasteiger partial charge in [0.1, 0.15) is 5.75 Å². The molecule has 0 heterocycles. The number of esters is 1. The lowest BCUT2D eigenvalue weighted by molar-refractivity contribution is -0.128. The minimum absolute atomic E-state index is 0.354. The zero-order valence-electron chi connectivity index (χ0n) is 9.43. The van der Waals surface area contributed by atoms with Crippen molar-refractivity contribution in [3.05, 3.63) is 54.6 Å². The van der Waals surface area contributed by atoms with E-state index in [2.05, 4.69) is 6.92 Å². The van der Waals surface area contributed by atoms with Gasteiger partial charge in [-0.25, -0.2) is 4.79 Å². The van der Waals surface area contributed by atoms with Gasteiger partial charge in [-0.3, -0.25) is 0 Å². The van der Waals surface area contributed by atoms with Crippen LogP contribution in [0.2, 0.25) is 0 Å². The van der Waals surface area contributed by atoms with Crippen LogP contribution in [-0.4, -0.2) is 5.97 Å². The van der Waals surface area contributed by atoms with Crippen LogP contribution in [0.5, 0.6) is 5.75 Å². The molecule has 1 rings (SSSR count). The van der Waals surface area contributed by atoms with Gasteiger partial charge in [0, 0.05) is 6.08 Å². The third kappa shape index (κ3) is 5.15. The summed E-state index contributed by atoms with van der Waals surface area (Å²) in [6.45, 7) is 2.11. The normalized spacial score (nSPS) is 11.1.